The van der Waals surface area contributed by atoms with Gasteiger partial charge in [-0.1, -0.05) is 35.0 Å². The molecule has 0 saturated carbocycles. The van der Waals surface area contributed by atoms with Gasteiger partial charge in [0.25, 0.3) is 5.91 Å². The number of nitrogens with zero attached hydrogens (tertiary/aromatic N) is 4. The number of hydrogen-bond donors (Lipinski definition) is 1. The highest BCUT2D eigenvalue weighted by Gasteiger charge is 2.76. The molecular formula is C38H49BrN4O5S. The molecule has 2 bridgehead atoms. The van der Waals surface area contributed by atoms with Gasteiger partial charge in [-0.3, -0.25) is 14.4 Å². The van der Waals surface area contributed by atoms with E-state index in [9.17, 15) is 14.7 Å². The molecule has 49 heavy (non-hydrogen) atoms. The van der Waals surface area contributed by atoms with E-state index in [1.165, 1.54) is 0 Å². The summed E-state index contributed by atoms with van der Waals surface area (Å²) in [4.78, 5) is 51.7. The van der Waals surface area contributed by atoms with Crippen molar-refractivity contribution >= 4 is 62.5 Å². The summed E-state index contributed by atoms with van der Waals surface area (Å²) < 4.78 is 4.76. The zero-order chi connectivity index (χ0) is 35.5. The number of carbonyl (C=O) groups excluding carboxylic acids is 3. The molecule has 3 saturated heterocycles. The van der Waals surface area contributed by atoms with Crippen molar-refractivity contribution in [1.82, 2.24) is 4.90 Å². The van der Waals surface area contributed by atoms with Crippen LogP contribution in [0.3, 0.4) is 0 Å². The van der Waals surface area contributed by atoms with Gasteiger partial charge in [-0.05, 0) is 82.1 Å². The monoisotopic (exact) mass is 752 g/mol. The molecule has 0 aromatic heterocycles. The Labute approximate surface area is 303 Å². The zero-order valence-corrected chi connectivity index (χ0v) is 31.4. The van der Waals surface area contributed by atoms with Crippen molar-refractivity contribution in [2.45, 2.75) is 67.4 Å². The van der Waals surface area contributed by atoms with Gasteiger partial charge in [-0.15, -0.1) is 24.9 Å². The molecule has 7 atom stereocenters. The number of anilines is 3. The second kappa shape index (κ2) is 15.7. The van der Waals surface area contributed by atoms with E-state index in [0.717, 1.165) is 18.8 Å². The first-order chi connectivity index (χ1) is 23.7. The van der Waals surface area contributed by atoms with Gasteiger partial charge in [0, 0.05) is 53.3 Å². The number of aliphatic hydroxyl groups is 1. The molecule has 3 heterocycles. The predicted molar refractivity (Wildman–Crippen MR) is 203 cm³/mol. The van der Waals surface area contributed by atoms with Crippen LogP contribution in [0.1, 0.15) is 40.5 Å². The average molecular weight is 754 g/mol. The fraction of sp³-hybridized carbons (Fsp3) is 0.500. The third-order valence-electron chi connectivity index (χ3n) is 10.2. The summed E-state index contributed by atoms with van der Waals surface area (Å²) in [6.45, 7) is 18.4. The molecule has 3 aliphatic rings. The van der Waals surface area contributed by atoms with E-state index >= 15 is 4.79 Å². The summed E-state index contributed by atoms with van der Waals surface area (Å²) in [6.07, 6.45) is 4.39. The van der Waals surface area contributed by atoms with E-state index in [-0.39, 0.29) is 47.5 Å². The molecule has 3 unspecified atom stereocenters. The molecule has 3 amide bonds. The fourth-order valence-electron chi connectivity index (χ4n) is 7.99. The normalized spacial score (nSPS) is 25.9. The molecule has 0 aliphatic carbocycles. The fourth-order valence-corrected chi connectivity index (χ4v) is 11.6. The van der Waals surface area contributed by atoms with Crippen LogP contribution in [-0.2, 0) is 14.4 Å². The van der Waals surface area contributed by atoms with E-state index in [4.69, 9.17) is 4.74 Å². The minimum atomic E-state index is -0.879. The van der Waals surface area contributed by atoms with E-state index in [0.29, 0.717) is 36.6 Å². The highest BCUT2D eigenvalue weighted by molar-refractivity contribution is 9.09. The minimum absolute atomic E-state index is 0.0907. The third-order valence-corrected chi connectivity index (χ3v) is 13.4. The van der Waals surface area contributed by atoms with Crippen LogP contribution < -0.4 is 19.4 Å². The van der Waals surface area contributed by atoms with Gasteiger partial charge < -0.3 is 29.4 Å². The number of amides is 3. The molecule has 2 aromatic rings. The number of benzene rings is 2. The zero-order valence-electron chi connectivity index (χ0n) is 29.0. The highest BCUT2D eigenvalue weighted by atomic mass is 79.9. The van der Waals surface area contributed by atoms with Gasteiger partial charge in [0.15, 0.2) is 0 Å². The SMILES string of the molecule is C=CCN(C(=O)C1N([C@@H](CC)CO)C(=O)[C@@H]2[C@H](C(=O)N(CC=C)c3ccc(OCC)cc3)[C@H]3SC12CC3Br)c1ccc(N(CC)CC)cc1. The quantitative estimate of drug-likeness (QED) is 0.169. The number of likely N-dealkylation sites (tertiary alicyclic amines) is 1. The van der Waals surface area contributed by atoms with Crippen molar-refractivity contribution in [3.05, 3.63) is 73.8 Å². The van der Waals surface area contributed by atoms with Crippen molar-refractivity contribution < 1.29 is 24.2 Å². The predicted octanol–water partition coefficient (Wildman–Crippen LogP) is 5.91. The van der Waals surface area contributed by atoms with Gasteiger partial charge in [-0.2, -0.15) is 0 Å². The number of ether oxygens (including phenoxy) is 1. The number of halogens is 1. The number of rotatable bonds is 16. The highest BCUT2D eigenvalue weighted by Crippen LogP contribution is 2.68. The van der Waals surface area contributed by atoms with E-state index in [2.05, 4.69) is 47.8 Å². The second-order valence-electron chi connectivity index (χ2n) is 12.7. The van der Waals surface area contributed by atoms with Crippen LogP contribution in [0.2, 0.25) is 0 Å². The van der Waals surface area contributed by atoms with Crippen LogP contribution in [-0.4, -0.2) is 94.0 Å². The van der Waals surface area contributed by atoms with Gasteiger partial charge in [-0.25, -0.2) is 0 Å². The average Bonchev–Trinajstić information content (AvgIpc) is 3.71. The molecule has 11 heteroatoms. The van der Waals surface area contributed by atoms with E-state index in [1.54, 1.807) is 38.6 Å². The summed E-state index contributed by atoms with van der Waals surface area (Å²) >= 11 is 5.48. The number of thioether (sulfide) groups is 1. The third kappa shape index (κ3) is 6.54. The van der Waals surface area contributed by atoms with Crippen molar-refractivity contribution in [3.8, 4) is 5.75 Å². The van der Waals surface area contributed by atoms with Crippen molar-refractivity contribution in [1.29, 1.82) is 0 Å². The number of carbonyl (C=O) groups is 3. The maximum Gasteiger partial charge on any atom is 0.251 e. The molecule has 2 aromatic carbocycles. The topological polar surface area (TPSA) is 93.6 Å². The smallest absolute Gasteiger partial charge is 0.251 e. The number of hydrogen-bond acceptors (Lipinski definition) is 7. The molecule has 9 nitrogen and oxygen atoms in total. The van der Waals surface area contributed by atoms with E-state index < -0.39 is 28.7 Å². The number of fused-ring (bicyclic) bond motifs is 1. The lowest BCUT2D eigenvalue weighted by Gasteiger charge is -2.40. The molecule has 0 radical (unpaired) electrons. The maximum atomic E-state index is 15.1. The van der Waals surface area contributed by atoms with Crippen molar-refractivity contribution in [2.24, 2.45) is 11.8 Å². The Morgan fingerprint density at radius 1 is 0.980 bits per heavy atom. The molecule has 3 aliphatic heterocycles. The largest absolute Gasteiger partial charge is 0.494 e. The Morgan fingerprint density at radius 3 is 2.04 bits per heavy atom. The Hall–Kier alpha value is -3.28. The molecule has 3 fully saturated rings. The summed E-state index contributed by atoms with van der Waals surface area (Å²) in [7, 11) is 0. The molecular weight excluding hydrogens is 704 g/mol. The first-order valence-electron chi connectivity index (χ1n) is 17.3. The van der Waals surface area contributed by atoms with Gasteiger partial charge in [0.05, 0.1) is 35.8 Å². The number of alkyl halides is 1. The van der Waals surface area contributed by atoms with Crippen LogP contribution in [0.5, 0.6) is 5.75 Å². The first kappa shape index (κ1) is 37.0. The van der Waals surface area contributed by atoms with Crippen LogP contribution in [0, 0.1) is 11.8 Å². The molecule has 264 valence electrons. The lowest BCUT2D eigenvalue weighted by Crippen LogP contribution is -2.58. The molecule has 1 N–H and O–H groups in total. The summed E-state index contributed by atoms with van der Waals surface area (Å²) in [6, 6.07) is 13.8. The van der Waals surface area contributed by atoms with Crippen LogP contribution in [0.4, 0.5) is 17.1 Å². The summed E-state index contributed by atoms with van der Waals surface area (Å²) in [5, 5.41) is 10.3. The molecule has 5 rings (SSSR count). The Kier molecular flexibility index (Phi) is 11.9. The van der Waals surface area contributed by atoms with Crippen LogP contribution in [0.25, 0.3) is 0 Å². The Balaban J connectivity index is 1.57. The van der Waals surface area contributed by atoms with Crippen LogP contribution in [0.15, 0.2) is 73.8 Å². The van der Waals surface area contributed by atoms with Crippen molar-refractivity contribution in [3.63, 3.8) is 0 Å². The van der Waals surface area contributed by atoms with Crippen LogP contribution >= 0.6 is 27.7 Å². The maximum absolute atomic E-state index is 15.1. The van der Waals surface area contributed by atoms with Crippen molar-refractivity contribution in [2.75, 3.05) is 54.1 Å². The lowest BCUT2D eigenvalue weighted by molar-refractivity contribution is -0.141. The standard InChI is InChI=1S/C38H49BrN4O5S/c1-7-21-41(28-17-19-29(20-18-28)48-12-6)35(45)31-32-36(46)43(25(9-3)24-44)34(38(32)23-30(39)33(31)49-38)37(47)42(22-8-2)27-15-13-26(14-16-27)40(10-4)11-5/h7-8,13-20,25,30-34,44H,1-2,9-12,21-24H2,3-6H3/t25-,30?,31-,32-,33-,34?,38?/m0/s1. The summed E-state index contributed by atoms with van der Waals surface area (Å²) in [5.41, 5.74) is 2.45. The van der Waals surface area contributed by atoms with Gasteiger partial charge in [0.2, 0.25) is 11.8 Å². The minimum Gasteiger partial charge on any atom is -0.494 e. The van der Waals surface area contributed by atoms with E-state index in [1.807, 2.05) is 62.4 Å². The Morgan fingerprint density at radius 2 is 1.53 bits per heavy atom. The second-order valence-corrected chi connectivity index (χ2v) is 15.5. The molecule has 1 spiro atoms. The van der Waals surface area contributed by atoms with Gasteiger partial charge >= 0.3 is 0 Å². The number of aliphatic hydroxyl groups excluding tert-OH is 1. The first-order valence-corrected chi connectivity index (χ1v) is 19.1. The Bertz CT molecular complexity index is 1510. The summed E-state index contributed by atoms with van der Waals surface area (Å²) in [5.74, 6) is -1.35. The lowest BCUT2D eigenvalue weighted by atomic mass is 9.70. The van der Waals surface area contributed by atoms with Gasteiger partial charge in [0.1, 0.15) is 11.8 Å².